The van der Waals surface area contributed by atoms with Gasteiger partial charge in [-0.25, -0.2) is 0 Å². The van der Waals surface area contributed by atoms with E-state index in [0.717, 1.165) is 30.8 Å². The summed E-state index contributed by atoms with van der Waals surface area (Å²) >= 11 is 0. The highest BCUT2D eigenvalue weighted by Crippen LogP contribution is 2.30. The molecule has 100 valence electrons. The number of amides is 1. The number of rotatable bonds is 3. The number of hydrogen-bond donors (Lipinski definition) is 2. The van der Waals surface area contributed by atoms with Crippen LogP contribution in [-0.2, 0) is 11.2 Å². The topological polar surface area (TPSA) is 58.4 Å². The Hall–Kier alpha value is -1.42. The van der Waals surface area contributed by atoms with Crippen LogP contribution in [0.3, 0.4) is 0 Å². The summed E-state index contributed by atoms with van der Waals surface area (Å²) in [6.07, 6.45) is 2.06. The number of carbonyl (C=O) groups excluding carboxylic acids is 1. The standard InChI is InChI=1S/C13H19N3O.ClH/c1-2-15-13(17)9-16-8-4-5-10-11(14)6-3-7-12(10)16;/h3,6-7H,2,4-5,8-9,14H2,1H3,(H,15,17);1H. The summed E-state index contributed by atoms with van der Waals surface area (Å²) in [6.45, 7) is 3.95. The number of nitrogens with two attached hydrogens (primary N) is 1. The number of hydrogen-bond acceptors (Lipinski definition) is 3. The fraction of sp³-hybridized carbons (Fsp3) is 0.462. The maximum absolute atomic E-state index is 11.6. The Morgan fingerprint density at radius 1 is 1.50 bits per heavy atom. The molecule has 0 fully saturated rings. The zero-order valence-corrected chi connectivity index (χ0v) is 11.4. The van der Waals surface area contributed by atoms with Gasteiger partial charge >= 0.3 is 0 Å². The first kappa shape index (κ1) is 14.6. The Morgan fingerprint density at radius 2 is 2.28 bits per heavy atom. The zero-order valence-electron chi connectivity index (χ0n) is 10.6. The molecule has 1 aromatic rings. The summed E-state index contributed by atoms with van der Waals surface area (Å²) in [6, 6.07) is 5.92. The third kappa shape index (κ3) is 3.07. The number of likely N-dealkylation sites (N-methyl/N-ethyl adjacent to an activating group) is 1. The molecule has 0 spiro atoms. The van der Waals surface area contributed by atoms with E-state index in [9.17, 15) is 4.79 Å². The number of nitrogens with zero attached hydrogens (tertiary/aromatic N) is 1. The molecule has 0 atom stereocenters. The molecule has 5 heteroatoms. The molecule has 0 saturated carbocycles. The third-order valence-electron chi connectivity index (χ3n) is 3.09. The van der Waals surface area contributed by atoms with Crippen LogP contribution in [-0.4, -0.2) is 25.5 Å². The average Bonchev–Trinajstić information content (AvgIpc) is 2.31. The molecule has 2 rings (SSSR count). The molecule has 1 aliphatic heterocycles. The number of nitrogen functional groups attached to an aromatic ring is 1. The van der Waals surface area contributed by atoms with Crippen LogP contribution < -0.4 is 16.0 Å². The minimum Gasteiger partial charge on any atom is -0.398 e. The molecule has 1 amide bonds. The second-order valence-corrected chi connectivity index (χ2v) is 4.32. The number of fused-ring (bicyclic) bond motifs is 1. The Morgan fingerprint density at radius 3 is 3.00 bits per heavy atom. The first-order chi connectivity index (χ1) is 8.22. The Kier molecular flexibility index (Phi) is 5.28. The van der Waals surface area contributed by atoms with Crippen LogP contribution in [0.15, 0.2) is 18.2 Å². The van der Waals surface area contributed by atoms with Crippen molar-refractivity contribution in [3.63, 3.8) is 0 Å². The van der Waals surface area contributed by atoms with E-state index in [1.165, 1.54) is 5.56 Å². The average molecular weight is 270 g/mol. The molecule has 1 aromatic carbocycles. The van der Waals surface area contributed by atoms with Gasteiger partial charge in [0.05, 0.1) is 6.54 Å². The molecule has 1 heterocycles. The molecule has 0 radical (unpaired) electrons. The van der Waals surface area contributed by atoms with Gasteiger partial charge in [-0.3, -0.25) is 4.79 Å². The summed E-state index contributed by atoms with van der Waals surface area (Å²) < 4.78 is 0. The molecule has 0 aliphatic carbocycles. The normalized spacial score (nSPS) is 13.5. The number of nitrogens with one attached hydrogen (secondary N) is 1. The van der Waals surface area contributed by atoms with E-state index in [0.29, 0.717) is 13.1 Å². The quantitative estimate of drug-likeness (QED) is 0.819. The first-order valence-electron chi connectivity index (χ1n) is 6.11. The van der Waals surface area contributed by atoms with Gasteiger partial charge in [-0.15, -0.1) is 12.4 Å². The molecular formula is C13H20ClN3O. The summed E-state index contributed by atoms with van der Waals surface area (Å²) in [5.41, 5.74) is 9.10. The molecule has 0 bridgehead atoms. The van der Waals surface area contributed by atoms with Crippen molar-refractivity contribution in [2.24, 2.45) is 0 Å². The lowest BCUT2D eigenvalue weighted by Crippen LogP contribution is -2.39. The molecule has 3 N–H and O–H groups in total. The number of anilines is 2. The van der Waals surface area contributed by atoms with Crippen LogP contribution in [0.1, 0.15) is 18.9 Å². The molecule has 0 unspecified atom stereocenters. The predicted octanol–water partition coefficient (Wildman–Crippen LogP) is 1.58. The lowest BCUT2D eigenvalue weighted by molar-refractivity contribution is -0.119. The van der Waals surface area contributed by atoms with Crippen molar-refractivity contribution in [1.29, 1.82) is 0 Å². The first-order valence-corrected chi connectivity index (χ1v) is 6.11. The molecule has 4 nitrogen and oxygen atoms in total. The van der Waals surface area contributed by atoms with Crippen molar-refractivity contribution < 1.29 is 4.79 Å². The summed E-state index contributed by atoms with van der Waals surface area (Å²) in [5, 5.41) is 2.83. The van der Waals surface area contributed by atoms with Gasteiger partial charge in [0.2, 0.25) is 5.91 Å². The lowest BCUT2D eigenvalue weighted by atomic mass is 10.00. The van der Waals surface area contributed by atoms with E-state index in [-0.39, 0.29) is 18.3 Å². The van der Waals surface area contributed by atoms with Crippen LogP contribution in [0.4, 0.5) is 11.4 Å². The molecule has 0 saturated heterocycles. The minimum atomic E-state index is 0. The van der Waals surface area contributed by atoms with Crippen LogP contribution in [0.25, 0.3) is 0 Å². The number of carbonyl (C=O) groups is 1. The second-order valence-electron chi connectivity index (χ2n) is 4.32. The highest BCUT2D eigenvalue weighted by Gasteiger charge is 2.19. The van der Waals surface area contributed by atoms with Crippen molar-refractivity contribution in [2.45, 2.75) is 19.8 Å². The summed E-state index contributed by atoms with van der Waals surface area (Å²) in [4.78, 5) is 13.7. The zero-order chi connectivity index (χ0) is 12.3. The number of benzene rings is 1. The maximum atomic E-state index is 11.6. The number of halogens is 1. The van der Waals surface area contributed by atoms with Crippen molar-refractivity contribution >= 4 is 29.7 Å². The smallest absolute Gasteiger partial charge is 0.239 e. The summed E-state index contributed by atoms with van der Waals surface area (Å²) in [5.74, 6) is 0.0720. The van der Waals surface area contributed by atoms with Crippen molar-refractivity contribution in [1.82, 2.24) is 5.32 Å². The van der Waals surface area contributed by atoms with Crippen LogP contribution in [0, 0.1) is 0 Å². The van der Waals surface area contributed by atoms with E-state index in [1.54, 1.807) is 0 Å². The van der Waals surface area contributed by atoms with Crippen LogP contribution in [0.2, 0.25) is 0 Å². The SMILES string of the molecule is CCNC(=O)CN1CCCc2c(N)cccc21.Cl. The third-order valence-corrected chi connectivity index (χ3v) is 3.09. The van der Waals surface area contributed by atoms with Gasteiger partial charge in [-0.1, -0.05) is 6.07 Å². The van der Waals surface area contributed by atoms with E-state index < -0.39 is 0 Å². The van der Waals surface area contributed by atoms with E-state index in [2.05, 4.69) is 10.2 Å². The molecular weight excluding hydrogens is 250 g/mol. The van der Waals surface area contributed by atoms with Gasteiger partial charge in [-0.05, 0) is 37.5 Å². The lowest BCUT2D eigenvalue weighted by Gasteiger charge is -2.31. The fourth-order valence-corrected chi connectivity index (χ4v) is 2.32. The van der Waals surface area contributed by atoms with Crippen LogP contribution in [0.5, 0.6) is 0 Å². The molecule has 0 aromatic heterocycles. The largest absolute Gasteiger partial charge is 0.398 e. The predicted molar refractivity (Wildman–Crippen MR) is 77.3 cm³/mol. The highest BCUT2D eigenvalue weighted by molar-refractivity contribution is 5.85. The molecule has 18 heavy (non-hydrogen) atoms. The Balaban J connectivity index is 0.00000162. The van der Waals surface area contributed by atoms with Crippen molar-refractivity contribution in [3.05, 3.63) is 23.8 Å². The van der Waals surface area contributed by atoms with Gasteiger partial charge in [0, 0.05) is 24.5 Å². The van der Waals surface area contributed by atoms with Gasteiger partial charge in [0.1, 0.15) is 0 Å². The van der Waals surface area contributed by atoms with Gasteiger partial charge < -0.3 is 16.0 Å². The fourth-order valence-electron chi connectivity index (χ4n) is 2.32. The monoisotopic (exact) mass is 269 g/mol. The van der Waals surface area contributed by atoms with Gasteiger partial charge in [0.25, 0.3) is 0 Å². The summed E-state index contributed by atoms with van der Waals surface area (Å²) in [7, 11) is 0. The van der Waals surface area contributed by atoms with Gasteiger partial charge in [-0.2, -0.15) is 0 Å². The van der Waals surface area contributed by atoms with Crippen molar-refractivity contribution in [3.8, 4) is 0 Å². The van der Waals surface area contributed by atoms with E-state index >= 15 is 0 Å². The van der Waals surface area contributed by atoms with E-state index in [1.807, 2.05) is 25.1 Å². The molecule has 1 aliphatic rings. The maximum Gasteiger partial charge on any atom is 0.239 e. The minimum absolute atomic E-state index is 0. The Labute approximate surface area is 114 Å². The van der Waals surface area contributed by atoms with Gasteiger partial charge in [0.15, 0.2) is 0 Å². The van der Waals surface area contributed by atoms with E-state index in [4.69, 9.17) is 5.73 Å². The van der Waals surface area contributed by atoms with Crippen LogP contribution >= 0.6 is 12.4 Å². The second kappa shape index (κ2) is 6.50. The Bertz CT molecular complexity index is 423. The van der Waals surface area contributed by atoms with Crippen molar-refractivity contribution in [2.75, 3.05) is 30.3 Å². The highest BCUT2D eigenvalue weighted by atomic mass is 35.5.